The van der Waals surface area contributed by atoms with Gasteiger partial charge in [-0.2, -0.15) is 0 Å². The van der Waals surface area contributed by atoms with E-state index in [1.54, 1.807) is 0 Å². The Morgan fingerprint density at radius 1 is 0.737 bits per heavy atom. The van der Waals surface area contributed by atoms with E-state index in [0.29, 0.717) is 6.42 Å². The lowest BCUT2D eigenvalue weighted by Crippen LogP contribution is -1.93. The lowest BCUT2D eigenvalue weighted by Gasteiger charge is -2.02. The largest absolute Gasteiger partial charge is 0.481 e. The van der Waals surface area contributed by atoms with Crippen molar-refractivity contribution in [2.24, 2.45) is 5.92 Å². The van der Waals surface area contributed by atoms with Crippen molar-refractivity contribution >= 4 is 5.97 Å². The molecule has 19 heavy (non-hydrogen) atoms. The molecule has 1 fully saturated rings. The maximum atomic E-state index is 10.3. The molecule has 2 nitrogen and oxygen atoms in total. The van der Waals surface area contributed by atoms with Crippen LogP contribution in [0.5, 0.6) is 0 Å². The monoisotopic (exact) mass is 268 g/mol. The number of hydrogen-bond acceptors (Lipinski definition) is 1. The Hall–Kier alpha value is -0.530. The van der Waals surface area contributed by atoms with E-state index in [-0.39, 0.29) is 0 Å². The van der Waals surface area contributed by atoms with Crippen LogP contribution < -0.4 is 0 Å². The van der Waals surface area contributed by atoms with Crippen molar-refractivity contribution in [1.29, 1.82) is 0 Å². The molecule has 1 N–H and O–H groups in total. The maximum absolute atomic E-state index is 10.3. The zero-order valence-electron chi connectivity index (χ0n) is 12.5. The third-order valence-corrected chi connectivity index (χ3v) is 4.20. The van der Waals surface area contributed by atoms with Crippen molar-refractivity contribution in [2.45, 2.75) is 96.3 Å². The van der Waals surface area contributed by atoms with E-state index >= 15 is 0 Å². The molecular formula is C17H32O2. The molecule has 1 saturated carbocycles. The Bertz CT molecular complexity index is 221. The fourth-order valence-electron chi connectivity index (χ4n) is 2.71. The van der Waals surface area contributed by atoms with E-state index in [1.807, 2.05) is 0 Å². The lowest BCUT2D eigenvalue weighted by atomic mass is 10.0. The highest BCUT2D eigenvalue weighted by Crippen LogP contribution is 2.34. The van der Waals surface area contributed by atoms with Crippen LogP contribution in [0.1, 0.15) is 96.3 Å². The van der Waals surface area contributed by atoms with Gasteiger partial charge < -0.3 is 5.11 Å². The van der Waals surface area contributed by atoms with Gasteiger partial charge in [-0.25, -0.2) is 0 Å². The van der Waals surface area contributed by atoms with Gasteiger partial charge in [0.15, 0.2) is 0 Å². The molecule has 0 aromatic carbocycles. The number of aliphatic carboxylic acids is 1. The highest BCUT2D eigenvalue weighted by molar-refractivity contribution is 5.66. The van der Waals surface area contributed by atoms with Gasteiger partial charge in [0.2, 0.25) is 0 Å². The van der Waals surface area contributed by atoms with E-state index in [1.165, 1.54) is 77.0 Å². The molecular weight excluding hydrogens is 236 g/mol. The maximum Gasteiger partial charge on any atom is 0.303 e. The number of rotatable bonds is 14. The third-order valence-electron chi connectivity index (χ3n) is 4.20. The second-order valence-corrected chi connectivity index (χ2v) is 6.26. The van der Waals surface area contributed by atoms with Crippen molar-refractivity contribution in [3.05, 3.63) is 0 Å². The number of carbonyl (C=O) groups is 1. The highest BCUT2D eigenvalue weighted by atomic mass is 16.4. The van der Waals surface area contributed by atoms with Crippen molar-refractivity contribution in [1.82, 2.24) is 0 Å². The van der Waals surface area contributed by atoms with Gasteiger partial charge in [0.1, 0.15) is 0 Å². The zero-order chi connectivity index (χ0) is 13.8. The fourth-order valence-corrected chi connectivity index (χ4v) is 2.71. The first-order chi connectivity index (χ1) is 9.29. The normalized spacial score (nSPS) is 14.7. The summed E-state index contributed by atoms with van der Waals surface area (Å²) in [6.45, 7) is 0. The van der Waals surface area contributed by atoms with Crippen molar-refractivity contribution in [2.75, 3.05) is 0 Å². The lowest BCUT2D eigenvalue weighted by molar-refractivity contribution is -0.137. The van der Waals surface area contributed by atoms with Gasteiger partial charge in [0, 0.05) is 6.42 Å². The number of carboxylic acids is 1. The van der Waals surface area contributed by atoms with Gasteiger partial charge in [0.05, 0.1) is 0 Å². The zero-order valence-corrected chi connectivity index (χ0v) is 12.5. The van der Waals surface area contributed by atoms with Gasteiger partial charge in [-0.3, -0.25) is 4.79 Å². The molecule has 0 aromatic heterocycles. The van der Waals surface area contributed by atoms with Crippen LogP contribution in [0.4, 0.5) is 0 Å². The Balaban J connectivity index is 1.63. The standard InChI is InChI=1S/C17H32O2/c18-17(19)13-11-9-7-5-3-1-2-4-6-8-10-12-16-14-15-16/h16H,1-15H2,(H,18,19). The smallest absolute Gasteiger partial charge is 0.303 e. The molecule has 0 aliphatic heterocycles. The average molecular weight is 268 g/mol. The first kappa shape index (κ1) is 16.5. The summed E-state index contributed by atoms with van der Waals surface area (Å²) >= 11 is 0. The Morgan fingerprint density at radius 3 is 1.58 bits per heavy atom. The Kier molecular flexibility index (Phi) is 9.84. The quantitative estimate of drug-likeness (QED) is 0.419. The van der Waals surface area contributed by atoms with Crippen molar-refractivity contribution in [3.63, 3.8) is 0 Å². The van der Waals surface area contributed by atoms with E-state index in [4.69, 9.17) is 5.11 Å². The van der Waals surface area contributed by atoms with Gasteiger partial charge in [0.25, 0.3) is 0 Å². The van der Waals surface area contributed by atoms with Crippen LogP contribution in [-0.4, -0.2) is 11.1 Å². The molecule has 0 unspecified atom stereocenters. The molecule has 1 aliphatic carbocycles. The van der Waals surface area contributed by atoms with E-state index < -0.39 is 5.97 Å². The van der Waals surface area contributed by atoms with Crippen LogP contribution in [0.15, 0.2) is 0 Å². The molecule has 0 radical (unpaired) electrons. The summed E-state index contributed by atoms with van der Waals surface area (Å²) in [4.78, 5) is 10.3. The van der Waals surface area contributed by atoms with Crippen LogP contribution in [0.3, 0.4) is 0 Å². The molecule has 0 heterocycles. The second kappa shape index (κ2) is 11.3. The van der Waals surface area contributed by atoms with E-state index in [9.17, 15) is 4.79 Å². The minimum absolute atomic E-state index is 0.348. The first-order valence-corrected chi connectivity index (χ1v) is 8.51. The summed E-state index contributed by atoms with van der Waals surface area (Å²) in [6.07, 6.45) is 19.2. The van der Waals surface area contributed by atoms with Crippen LogP contribution >= 0.6 is 0 Å². The van der Waals surface area contributed by atoms with Crippen LogP contribution in [0.25, 0.3) is 0 Å². The SMILES string of the molecule is O=C(O)CCCCCCCCCCCCCC1CC1. The Labute approximate surface area is 119 Å². The van der Waals surface area contributed by atoms with Crippen LogP contribution in [0, 0.1) is 5.92 Å². The van der Waals surface area contributed by atoms with Crippen LogP contribution in [-0.2, 0) is 4.79 Å². The summed E-state index contributed by atoms with van der Waals surface area (Å²) in [5.74, 6) is 0.461. The molecule has 0 spiro atoms. The minimum atomic E-state index is -0.651. The molecule has 0 atom stereocenters. The molecule has 1 rings (SSSR count). The third kappa shape index (κ3) is 12.3. The van der Waals surface area contributed by atoms with E-state index in [0.717, 1.165) is 18.8 Å². The van der Waals surface area contributed by atoms with Crippen molar-refractivity contribution in [3.8, 4) is 0 Å². The van der Waals surface area contributed by atoms with Crippen molar-refractivity contribution < 1.29 is 9.90 Å². The van der Waals surface area contributed by atoms with Gasteiger partial charge in [-0.1, -0.05) is 83.5 Å². The van der Waals surface area contributed by atoms with Gasteiger partial charge in [-0.05, 0) is 12.3 Å². The fraction of sp³-hybridized carbons (Fsp3) is 0.941. The molecule has 0 saturated heterocycles. The average Bonchev–Trinajstić information content (AvgIpc) is 3.18. The number of unbranched alkanes of at least 4 members (excludes halogenated alkanes) is 10. The van der Waals surface area contributed by atoms with Crippen LogP contribution in [0.2, 0.25) is 0 Å². The first-order valence-electron chi connectivity index (χ1n) is 8.51. The predicted molar refractivity (Wildman–Crippen MR) is 80.4 cm³/mol. The van der Waals surface area contributed by atoms with Gasteiger partial charge in [-0.15, -0.1) is 0 Å². The topological polar surface area (TPSA) is 37.3 Å². The Morgan fingerprint density at radius 2 is 1.16 bits per heavy atom. The summed E-state index contributed by atoms with van der Waals surface area (Å²) in [7, 11) is 0. The van der Waals surface area contributed by atoms with Gasteiger partial charge >= 0.3 is 5.97 Å². The summed E-state index contributed by atoms with van der Waals surface area (Å²) in [5.41, 5.74) is 0. The molecule has 0 aromatic rings. The molecule has 2 heteroatoms. The summed E-state index contributed by atoms with van der Waals surface area (Å²) in [6, 6.07) is 0. The summed E-state index contributed by atoms with van der Waals surface area (Å²) < 4.78 is 0. The van der Waals surface area contributed by atoms with E-state index in [2.05, 4.69) is 0 Å². The second-order valence-electron chi connectivity index (χ2n) is 6.26. The molecule has 0 amide bonds. The molecule has 1 aliphatic rings. The minimum Gasteiger partial charge on any atom is -0.481 e. The predicted octanol–water partition coefficient (Wildman–Crippen LogP) is 5.55. The molecule has 112 valence electrons. The summed E-state index contributed by atoms with van der Waals surface area (Å²) in [5, 5.41) is 8.51. The highest BCUT2D eigenvalue weighted by Gasteiger charge is 2.19. The molecule has 0 bridgehead atoms. The number of carboxylic acid groups (broad SMARTS) is 1. The number of hydrogen-bond donors (Lipinski definition) is 1.